The summed E-state index contributed by atoms with van der Waals surface area (Å²) in [5, 5.41) is 6.11. The van der Waals surface area contributed by atoms with E-state index in [0.717, 1.165) is 25.7 Å². The SMILES string of the molecule is CCN(CC)S(=O)(=O)c1ccc(C)c(Nc2nc(N[C@H]3CCCC[C@@H]3N)[nH]c(=O)c2C(N)=O)c1. The van der Waals surface area contributed by atoms with Gasteiger partial charge >= 0.3 is 0 Å². The number of anilines is 3. The molecule has 1 heterocycles. The molecule has 1 aliphatic rings. The van der Waals surface area contributed by atoms with Gasteiger partial charge in [0.15, 0.2) is 5.82 Å². The fourth-order valence-corrected chi connectivity index (χ4v) is 5.60. The minimum absolute atomic E-state index is 0.0661. The molecule has 0 spiro atoms. The monoisotopic (exact) mass is 491 g/mol. The maximum absolute atomic E-state index is 13.0. The Balaban J connectivity index is 2.02. The number of aryl methyl sites for hydroxylation is 1. The Bertz CT molecular complexity index is 1210. The van der Waals surface area contributed by atoms with Crippen molar-refractivity contribution in [1.29, 1.82) is 0 Å². The Morgan fingerprint density at radius 3 is 2.53 bits per heavy atom. The summed E-state index contributed by atoms with van der Waals surface area (Å²) in [6.07, 6.45) is 3.74. The molecular weight excluding hydrogens is 458 g/mol. The number of sulfonamides is 1. The second-order valence-corrected chi connectivity index (χ2v) is 10.3. The number of H-pyrrole nitrogens is 1. The summed E-state index contributed by atoms with van der Waals surface area (Å²) in [6.45, 7) is 5.96. The molecule has 12 heteroatoms. The largest absolute Gasteiger partial charge is 0.365 e. The summed E-state index contributed by atoms with van der Waals surface area (Å²) in [4.78, 5) is 31.8. The van der Waals surface area contributed by atoms with Crippen LogP contribution >= 0.6 is 0 Å². The number of nitrogens with one attached hydrogen (secondary N) is 3. The number of hydrogen-bond donors (Lipinski definition) is 5. The van der Waals surface area contributed by atoms with Crippen LogP contribution in [0.5, 0.6) is 0 Å². The molecule has 186 valence electrons. The summed E-state index contributed by atoms with van der Waals surface area (Å²) in [5.41, 5.74) is 11.7. The predicted molar refractivity (Wildman–Crippen MR) is 132 cm³/mol. The van der Waals surface area contributed by atoms with E-state index in [1.807, 2.05) is 0 Å². The number of nitrogens with two attached hydrogens (primary N) is 2. The van der Waals surface area contributed by atoms with Gasteiger partial charge in [0.2, 0.25) is 16.0 Å². The number of nitrogens with zero attached hydrogens (tertiary/aromatic N) is 2. The van der Waals surface area contributed by atoms with E-state index >= 15 is 0 Å². The Morgan fingerprint density at radius 1 is 1.24 bits per heavy atom. The maximum atomic E-state index is 13.0. The van der Waals surface area contributed by atoms with E-state index in [1.165, 1.54) is 16.4 Å². The number of aromatic nitrogens is 2. The predicted octanol–water partition coefficient (Wildman–Crippen LogP) is 1.63. The first-order valence-corrected chi connectivity index (χ1v) is 12.9. The van der Waals surface area contributed by atoms with Crippen LogP contribution in [0.2, 0.25) is 0 Å². The first-order valence-electron chi connectivity index (χ1n) is 11.4. The van der Waals surface area contributed by atoms with Gasteiger partial charge in [0.1, 0.15) is 5.56 Å². The molecule has 2 atom stereocenters. The Hall–Kier alpha value is -2.96. The molecule has 34 heavy (non-hydrogen) atoms. The molecule has 3 rings (SSSR count). The van der Waals surface area contributed by atoms with Crippen LogP contribution in [-0.4, -0.2) is 53.8 Å². The number of benzene rings is 1. The van der Waals surface area contributed by atoms with Gasteiger partial charge in [0.05, 0.1) is 4.90 Å². The summed E-state index contributed by atoms with van der Waals surface area (Å²) in [6, 6.07) is 4.46. The van der Waals surface area contributed by atoms with Crippen molar-refractivity contribution in [2.24, 2.45) is 11.5 Å². The van der Waals surface area contributed by atoms with Crippen LogP contribution in [0.15, 0.2) is 27.9 Å². The van der Waals surface area contributed by atoms with Crippen LogP contribution in [0, 0.1) is 6.92 Å². The molecule has 1 aromatic carbocycles. The van der Waals surface area contributed by atoms with Crippen molar-refractivity contribution >= 4 is 33.4 Å². The molecule has 1 amide bonds. The summed E-state index contributed by atoms with van der Waals surface area (Å²) in [5.74, 6) is -0.866. The number of carbonyl (C=O) groups excluding carboxylic acids is 1. The highest BCUT2D eigenvalue weighted by Crippen LogP contribution is 2.27. The van der Waals surface area contributed by atoms with Crippen molar-refractivity contribution in [1.82, 2.24) is 14.3 Å². The average Bonchev–Trinajstić information content (AvgIpc) is 2.77. The average molecular weight is 492 g/mol. The number of rotatable bonds is 9. The van der Waals surface area contributed by atoms with Gasteiger partial charge in [-0.25, -0.2) is 8.42 Å². The van der Waals surface area contributed by atoms with Gasteiger partial charge in [-0.05, 0) is 37.5 Å². The van der Waals surface area contributed by atoms with Gasteiger partial charge in [0, 0.05) is 30.9 Å². The van der Waals surface area contributed by atoms with Gasteiger partial charge < -0.3 is 22.1 Å². The molecule has 11 nitrogen and oxygen atoms in total. The summed E-state index contributed by atoms with van der Waals surface area (Å²) in [7, 11) is -3.71. The van der Waals surface area contributed by atoms with E-state index in [0.29, 0.717) is 24.3 Å². The quantitative estimate of drug-likeness (QED) is 0.351. The number of carbonyl (C=O) groups is 1. The van der Waals surface area contributed by atoms with Gasteiger partial charge in [-0.3, -0.25) is 14.6 Å². The van der Waals surface area contributed by atoms with Gasteiger partial charge in [0.25, 0.3) is 11.5 Å². The first-order chi connectivity index (χ1) is 16.1. The lowest BCUT2D eigenvalue weighted by atomic mass is 9.91. The molecule has 0 unspecified atom stereocenters. The number of aromatic amines is 1. The molecule has 1 fully saturated rings. The van der Waals surface area contributed by atoms with Crippen LogP contribution in [0.4, 0.5) is 17.5 Å². The van der Waals surface area contributed by atoms with Gasteiger partial charge in [-0.1, -0.05) is 32.8 Å². The van der Waals surface area contributed by atoms with Crippen LogP contribution in [0.1, 0.15) is 55.5 Å². The van der Waals surface area contributed by atoms with Crippen molar-refractivity contribution in [3.8, 4) is 0 Å². The van der Waals surface area contributed by atoms with E-state index in [2.05, 4.69) is 20.6 Å². The molecule has 1 aliphatic carbocycles. The minimum Gasteiger partial charge on any atom is -0.365 e. The normalized spacial score (nSPS) is 18.6. The number of hydrogen-bond acceptors (Lipinski definition) is 8. The molecule has 0 radical (unpaired) electrons. The van der Waals surface area contributed by atoms with Crippen LogP contribution in [0.3, 0.4) is 0 Å². The zero-order valence-electron chi connectivity index (χ0n) is 19.7. The minimum atomic E-state index is -3.71. The molecule has 0 saturated heterocycles. The van der Waals surface area contributed by atoms with E-state index < -0.39 is 21.5 Å². The van der Waals surface area contributed by atoms with Crippen molar-refractivity contribution < 1.29 is 13.2 Å². The molecule has 1 saturated carbocycles. The zero-order chi connectivity index (χ0) is 25.0. The Labute approximate surface area is 199 Å². The Kier molecular flexibility index (Phi) is 7.95. The smallest absolute Gasteiger partial charge is 0.267 e. The highest BCUT2D eigenvalue weighted by molar-refractivity contribution is 7.89. The lowest BCUT2D eigenvalue weighted by Gasteiger charge is -2.29. The fraction of sp³-hybridized carbons (Fsp3) is 0.500. The number of amides is 1. The Morgan fingerprint density at radius 2 is 1.91 bits per heavy atom. The standard InChI is InChI=1S/C22H33N7O4S/c1-4-29(5-2)34(32,33)14-11-10-13(3)17(12-14)25-20-18(19(24)30)21(31)28-22(27-20)26-16-9-7-6-8-15(16)23/h10-12,15-16H,4-9,23H2,1-3H3,(H2,24,30)(H3,25,26,27,28,31)/t15-,16-/m0/s1. The van der Waals surface area contributed by atoms with Crippen molar-refractivity contribution in [3.05, 3.63) is 39.7 Å². The third-order valence-corrected chi connectivity index (χ3v) is 8.16. The zero-order valence-corrected chi connectivity index (χ0v) is 20.5. The van der Waals surface area contributed by atoms with Crippen molar-refractivity contribution in [2.75, 3.05) is 23.7 Å². The lowest BCUT2D eigenvalue weighted by molar-refractivity contribution is 0.0999. The molecule has 1 aromatic heterocycles. The highest BCUT2D eigenvalue weighted by Gasteiger charge is 2.25. The van der Waals surface area contributed by atoms with Crippen molar-refractivity contribution in [3.63, 3.8) is 0 Å². The molecular formula is C22H33N7O4S. The first kappa shape index (κ1) is 25.7. The van der Waals surface area contributed by atoms with Crippen LogP contribution < -0.4 is 27.7 Å². The third-order valence-electron chi connectivity index (χ3n) is 6.11. The second-order valence-electron chi connectivity index (χ2n) is 8.39. The highest BCUT2D eigenvalue weighted by atomic mass is 32.2. The van der Waals surface area contributed by atoms with Gasteiger partial charge in [-0.2, -0.15) is 9.29 Å². The van der Waals surface area contributed by atoms with Crippen LogP contribution in [0.25, 0.3) is 0 Å². The molecule has 0 aliphatic heterocycles. The van der Waals surface area contributed by atoms with Crippen LogP contribution in [-0.2, 0) is 10.0 Å². The van der Waals surface area contributed by atoms with Gasteiger partial charge in [-0.15, -0.1) is 0 Å². The summed E-state index contributed by atoms with van der Waals surface area (Å²) >= 11 is 0. The fourth-order valence-electron chi connectivity index (χ4n) is 4.11. The summed E-state index contributed by atoms with van der Waals surface area (Å²) < 4.78 is 27.3. The van der Waals surface area contributed by atoms with E-state index in [4.69, 9.17) is 11.5 Å². The van der Waals surface area contributed by atoms with E-state index in [1.54, 1.807) is 26.8 Å². The molecule has 0 bridgehead atoms. The second kappa shape index (κ2) is 10.5. The lowest BCUT2D eigenvalue weighted by Crippen LogP contribution is -2.43. The number of primary amides is 1. The molecule has 2 aromatic rings. The van der Waals surface area contributed by atoms with E-state index in [-0.39, 0.29) is 34.3 Å². The topological polar surface area (TPSA) is 176 Å². The molecule has 7 N–H and O–H groups in total. The third kappa shape index (κ3) is 5.40. The van der Waals surface area contributed by atoms with Crippen molar-refractivity contribution in [2.45, 2.75) is 63.4 Å². The van der Waals surface area contributed by atoms with E-state index in [9.17, 15) is 18.0 Å². The maximum Gasteiger partial charge on any atom is 0.267 e.